The molecule has 1 fully saturated rings. The standard InChI is InChI=1S/C15H22N2O.ClH/c1-4-13-7-5-6-8-14(13)15(18)17-10-11(2)16-9-12(17)3;/h5-8,11-12,16H,4,9-10H2,1-3H3;1H. The van der Waals surface area contributed by atoms with E-state index in [1.54, 1.807) is 0 Å². The van der Waals surface area contributed by atoms with E-state index in [0.717, 1.165) is 30.6 Å². The van der Waals surface area contributed by atoms with Gasteiger partial charge in [-0.1, -0.05) is 25.1 Å². The van der Waals surface area contributed by atoms with Crippen LogP contribution in [0.2, 0.25) is 0 Å². The third kappa shape index (κ3) is 3.48. The van der Waals surface area contributed by atoms with Gasteiger partial charge in [-0.05, 0) is 31.9 Å². The minimum atomic E-state index is 0. The van der Waals surface area contributed by atoms with Crippen LogP contribution < -0.4 is 5.32 Å². The fraction of sp³-hybridized carbons (Fsp3) is 0.533. The molecular formula is C15H23ClN2O. The monoisotopic (exact) mass is 282 g/mol. The fourth-order valence-electron chi connectivity index (χ4n) is 2.50. The zero-order chi connectivity index (χ0) is 13.1. The number of piperazine rings is 1. The van der Waals surface area contributed by atoms with Crippen LogP contribution in [0.15, 0.2) is 24.3 Å². The zero-order valence-electron chi connectivity index (χ0n) is 11.8. The molecule has 0 spiro atoms. The number of carbonyl (C=O) groups is 1. The van der Waals surface area contributed by atoms with Gasteiger partial charge in [0.2, 0.25) is 0 Å². The quantitative estimate of drug-likeness (QED) is 0.904. The van der Waals surface area contributed by atoms with Gasteiger partial charge in [-0.2, -0.15) is 0 Å². The predicted molar refractivity (Wildman–Crippen MR) is 81.0 cm³/mol. The fourth-order valence-corrected chi connectivity index (χ4v) is 2.50. The number of hydrogen-bond acceptors (Lipinski definition) is 2. The molecule has 1 amide bonds. The predicted octanol–water partition coefficient (Wildman–Crippen LogP) is 2.49. The first kappa shape index (κ1) is 16.0. The molecule has 106 valence electrons. The summed E-state index contributed by atoms with van der Waals surface area (Å²) in [5.41, 5.74) is 2.00. The summed E-state index contributed by atoms with van der Waals surface area (Å²) < 4.78 is 0. The van der Waals surface area contributed by atoms with Crippen LogP contribution in [-0.4, -0.2) is 36.0 Å². The molecule has 0 bridgehead atoms. The molecule has 0 aliphatic carbocycles. The zero-order valence-corrected chi connectivity index (χ0v) is 12.7. The largest absolute Gasteiger partial charge is 0.333 e. The lowest BCUT2D eigenvalue weighted by Gasteiger charge is -2.38. The molecule has 2 rings (SSSR count). The van der Waals surface area contributed by atoms with Crippen molar-refractivity contribution in [2.75, 3.05) is 13.1 Å². The second kappa shape index (κ2) is 6.92. The van der Waals surface area contributed by atoms with Crippen molar-refractivity contribution in [3.63, 3.8) is 0 Å². The van der Waals surface area contributed by atoms with E-state index in [1.165, 1.54) is 0 Å². The summed E-state index contributed by atoms with van der Waals surface area (Å²) in [5.74, 6) is 0.174. The molecule has 0 saturated carbocycles. The Hall–Kier alpha value is -1.06. The van der Waals surface area contributed by atoms with Gasteiger partial charge in [0, 0.05) is 30.7 Å². The second-order valence-corrected chi connectivity index (χ2v) is 5.13. The first-order valence-electron chi connectivity index (χ1n) is 6.75. The number of amides is 1. The molecule has 0 radical (unpaired) electrons. The van der Waals surface area contributed by atoms with E-state index in [9.17, 15) is 4.79 Å². The SMILES string of the molecule is CCc1ccccc1C(=O)N1CC(C)NCC1C.Cl. The molecule has 1 heterocycles. The lowest BCUT2D eigenvalue weighted by molar-refractivity contribution is 0.0615. The van der Waals surface area contributed by atoms with Gasteiger partial charge in [0.25, 0.3) is 5.91 Å². The molecule has 3 nitrogen and oxygen atoms in total. The van der Waals surface area contributed by atoms with E-state index in [4.69, 9.17) is 0 Å². The van der Waals surface area contributed by atoms with E-state index < -0.39 is 0 Å². The van der Waals surface area contributed by atoms with Crippen LogP contribution in [0.4, 0.5) is 0 Å². The molecule has 1 N–H and O–H groups in total. The minimum absolute atomic E-state index is 0. The third-order valence-corrected chi connectivity index (χ3v) is 3.65. The number of hydrogen-bond donors (Lipinski definition) is 1. The molecule has 0 aromatic heterocycles. The van der Waals surface area contributed by atoms with E-state index in [1.807, 2.05) is 29.2 Å². The van der Waals surface area contributed by atoms with Crippen molar-refractivity contribution in [2.24, 2.45) is 0 Å². The molecule has 2 atom stereocenters. The lowest BCUT2D eigenvalue weighted by Crippen LogP contribution is -2.56. The highest BCUT2D eigenvalue weighted by molar-refractivity contribution is 5.96. The molecule has 1 aromatic rings. The summed E-state index contributed by atoms with van der Waals surface area (Å²) in [6, 6.07) is 8.57. The average Bonchev–Trinajstić information content (AvgIpc) is 2.40. The molecule has 1 aliphatic heterocycles. The Morgan fingerprint density at radius 1 is 1.37 bits per heavy atom. The number of nitrogens with zero attached hydrogens (tertiary/aromatic N) is 1. The second-order valence-electron chi connectivity index (χ2n) is 5.13. The van der Waals surface area contributed by atoms with Gasteiger partial charge in [-0.15, -0.1) is 12.4 Å². The van der Waals surface area contributed by atoms with Crippen LogP contribution >= 0.6 is 12.4 Å². The van der Waals surface area contributed by atoms with Gasteiger partial charge in [-0.25, -0.2) is 0 Å². The first-order valence-corrected chi connectivity index (χ1v) is 6.75. The number of halogens is 1. The first-order chi connectivity index (χ1) is 8.63. The van der Waals surface area contributed by atoms with Crippen LogP contribution in [0.3, 0.4) is 0 Å². The lowest BCUT2D eigenvalue weighted by atomic mass is 10.0. The summed E-state index contributed by atoms with van der Waals surface area (Å²) in [7, 11) is 0. The number of carbonyl (C=O) groups excluding carboxylic acids is 1. The molecule has 4 heteroatoms. The maximum absolute atomic E-state index is 12.6. The number of benzene rings is 1. The van der Waals surface area contributed by atoms with Gasteiger partial charge in [0.05, 0.1) is 0 Å². The Morgan fingerprint density at radius 3 is 2.74 bits per heavy atom. The van der Waals surface area contributed by atoms with Gasteiger partial charge in [0.1, 0.15) is 0 Å². The van der Waals surface area contributed by atoms with E-state index in [0.29, 0.717) is 6.04 Å². The van der Waals surface area contributed by atoms with E-state index >= 15 is 0 Å². The summed E-state index contributed by atoms with van der Waals surface area (Å²) >= 11 is 0. The van der Waals surface area contributed by atoms with Crippen LogP contribution in [0.25, 0.3) is 0 Å². The molecular weight excluding hydrogens is 260 g/mol. The number of nitrogens with one attached hydrogen (secondary N) is 1. The summed E-state index contributed by atoms with van der Waals surface area (Å²) in [5, 5.41) is 3.40. The van der Waals surface area contributed by atoms with Crippen LogP contribution in [0, 0.1) is 0 Å². The van der Waals surface area contributed by atoms with Crippen LogP contribution in [-0.2, 0) is 6.42 Å². The Balaban J connectivity index is 0.00000180. The highest BCUT2D eigenvalue weighted by Crippen LogP contribution is 2.16. The number of aryl methyl sites for hydroxylation is 1. The van der Waals surface area contributed by atoms with Crippen molar-refractivity contribution in [1.29, 1.82) is 0 Å². The summed E-state index contributed by atoms with van der Waals surface area (Å²) in [4.78, 5) is 14.6. The van der Waals surface area contributed by atoms with Crippen molar-refractivity contribution in [3.8, 4) is 0 Å². The van der Waals surface area contributed by atoms with Crippen LogP contribution in [0.1, 0.15) is 36.7 Å². The third-order valence-electron chi connectivity index (χ3n) is 3.65. The molecule has 19 heavy (non-hydrogen) atoms. The highest BCUT2D eigenvalue weighted by atomic mass is 35.5. The average molecular weight is 283 g/mol. The van der Waals surface area contributed by atoms with Crippen molar-refractivity contribution in [2.45, 2.75) is 39.3 Å². The van der Waals surface area contributed by atoms with Gasteiger partial charge in [-0.3, -0.25) is 4.79 Å². The van der Waals surface area contributed by atoms with Crippen molar-refractivity contribution >= 4 is 18.3 Å². The maximum Gasteiger partial charge on any atom is 0.254 e. The van der Waals surface area contributed by atoms with E-state index in [2.05, 4.69) is 26.1 Å². The Kier molecular flexibility index (Phi) is 5.83. The molecule has 1 aromatic carbocycles. The Bertz CT molecular complexity index is 436. The maximum atomic E-state index is 12.6. The summed E-state index contributed by atoms with van der Waals surface area (Å²) in [6.07, 6.45) is 0.901. The number of rotatable bonds is 2. The van der Waals surface area contributed by atoms with E-state index in [-0.39, 0.29) is 24.4 Å². The van der Waals surface area contributed by atoms with Crippen molar-refractivity contribution in [3.05, 3.63) is 35.4 Å². The Morgan fingerprint density at radius 2 is 2.05 bits per heavy atom. The minimum Gasteiger partial charge on any atom is -0.333 e. The highest BCUT2D eigenvalue weighted by Gasteiger charge is 2.27. The summed E-state index contributed by atoms with van der Waals surface area (Å²) in [6.45, 7) is 7.98. The molecule has 1 aliphatic rings. The van der Waals surface area contributed by atoms with Crippen LogP contribution in [0.5, 0.6) is 0 Å². The normalized spacial score (nSPS) is 22.8. The van der Waals surface area contributed by atoms with Crippen molar-refractivity contribution in [1.82, 2.24) is 10.2 Å². The van der Waals surface area contributed by atoms with Crippen molar-refractivity contribution < 1.29 is 4.79 Å². The van der Waals surface area contributed by atoms with Gasteiger partial charge >= 0.3 is 0 Å². The van der Waals surface area contributed by atoms with Gasteiger partial charge < -0.3 is 10.2 Å². The molecule has 2 unspecified atom stereocenters. The smallest absolute Gasteiger partial charge is 0.254 e. The topological polar surface area (TPSA) is 32.3 Å². The molecule has 1 saturated heterocycles. The Labute approximate surface area is 121 Å². The van der Waals surface area contributed by atoms with Gasteiger partial charge in [0.15, 0.2) is 0 Å².